The highest BCUT2D eigenvalue weighted by molar-refractivity contribution is 7.86. The van der Waals surface area contributed by atoms with Crippen LogP contribution in [0.25, 0.3) is 0 Å². The van der Waals surface area contributed by atoms with E-state index in [1.54, 1.807) is 7.05 Å². The second-order valence-corrected chi connectivity index (χ2v) is 5.85. The summed E-state index contributed by atoms with van der Waals surface area (Å²) >= 11 is 0. The van der Waals surface area contributed by atoms with Crippen molar-refractivity contribution in [3.8, 4) is 0 Å². The number of hydrogen-bond donors (Lipinski definition) is 1. The van der Waals surface area contributed by atoms with Gasteiger partial charge in [-0.1, -0.05) is 20.3 Å². The smallest absolute Gasteiger partial charge is 0.281 e. The number of hydrogen-bond acceptors (Lipinski definition) is 3. The Hall–Kier alpha value is -0.170. The summed E-state index contributed by atoms with van der Waals surface area (Å²) in [5.74, 6) is 0. The molecule has 0 saturated heterocycles. The lowest BCUT2D eigenvalue weighted by Gasteiger charge is -2.26. The fourth-order valence-electron chi connectivity index (χ4n) is 1.40. The first-order valence-electron chi connectivity index (χ1n) is 5.92. The first-order valence-corrected chi connectivity index (χ1v) is 7.31. The van der Waals surface area contributed by atoms with Crippen LogP contribution in [0, 0.1) is 0 Å². The van der Waals surface area contributed by atoms with Crippen LogP contribution in [0.4, 0.5) is 0 Å². The van der Waals surface area contributed by atoms with Gasteiger partial charge in [0.05, 0.1) is 0 Å². The minimum Gasteiger partial charge on any atom is -0.330 e. The van der Waals surface area contributed by atoms with Crippen LogP contribution in [0.3, 0.4) is 0 Å². The quantitative estimate of drug-likeness (QED) is 0.654. The van der Waals surface area contributed by atoms with Gasteiger partial charge in [-0.15, -0.1) is 0 Å². The predicted octanol–water partition coefficient (Wildman–Crippen LogP) is 0.634. The Morgan fingerprint density at radius 3 is 2.19 bits per heavy atom. The molecule has 0 atom stereocenters. The summed E-state index contributed by atoms with van der Waals surface area (Å²) in [6.07, 6.45) is 2.59. The second-order valence-electron chi connectivity index (χ2n) is 3.82. The summed E-state index contributed by atoms with van der Waals surface area (Å²) in [5, 5.41) is 0. The highest BCUT2D eigenvalue weighted by Crippen LogP contribution is 2.08. The molecule has 0 fully saturated rings. The van der Waals surface area contributed by atoms with Crippen molar-refractivity contribution in [2.75, 3.05) is 33.2 Å². The van der Waals surface area contributed by atoms with E-state index in [-0.39, 0.29) is 0 Å². The summed E-state index contributed by atoms with van der Waals surface area (Å²) < 4.78 is 27.1. The summed E-state index contributed by atoms with van der Waals surface area (Å²) in [6.45, 7) is 6.04. The van der Waals surface area contributed by atoms with E-state index in [1.807, 2.05) is 6.92 Å². The molecule has 98 valence electrons. The Morgan fingerprint density at radius 2 is 1.75 bits per heavy atom. The fourth-order valence-corrected chi connectivity index (χ4v) is 2.84. The van der Waals surface area contributed by atoms with Gasteiger partial charge < -0.3 is 5.73 Å². The Kier molecular flexibility index (Phi) is 7.91. The number of nitrogens with two attached hydrogens (primary N) is 1. The van der Waals surface area contributed by atoms with Gasteiger partial charge in [0.2, 0.25) is 0 Å². The van der Waals surface area contributed by atoms with Gasteiger partial charge in [-0.2, -0.15) is 17.0 Å². The maximum atomic E-state index is 12.1. The lowest BCUT2D eigenvalue weighted by molar-refractivity contribution is 0.362. The summed E-state index contributed by atoms with van der Waals surface area (Å²) in [4.78, 5) is 0. The lowest BCUT2D eigenvalue weighted by atomic mass is 10.3. The maximum absolute atomic E-state index is 12.1. The van der Waals surface area contributed by atoms with Crippen LogP contribution in [-0.4, -0.2) is 50.3 Å². The van der Waals surface area contributed by atoms with E-state index >= 15 is 0 Å². The van der Waals surface area contributed by atoms with E-state index in [9.17, 15) is 8.42 Å². The third-order valence-corrected chi connectivity index (χ3v) is 4.57. The Labute approximate surface area is 99.8 Å². The van der Waals surface area contributed by atoms with Crippen LogP contribution in [0.5, 0.6) is 0 Å². The largest absolute Gasteiger partial charge is 0.330 e. The van der Waals surface area contributed by atoms with Crippen molar-refractivity contribution >= 4 is 10.2 Å². The summed E-state index contributed by atoms with van der Waals surface area (Å²) in [6, 6.07) is 0. The van der Waals surface area contributed by atoms with Crippen LogP contribution < -0.4 is 5.73 Å². The third-order valence-electron chi connectivity index (χ3n) is 2.51. The van der Waals surface area contributed by atoms with Crippen molar-refractivity contribution in [2.24, 2.45) is 5.73 Å². The maximum Gasteiger partial charge on any atom is 0.281 e. The second kappa shape index (κ2) is 8.00. The normalized spacial score (nSPS) is 12.6. The molecule has 0 bridgehead atoms. The molecule has 5 nitrogen and oxygen atoms in total. The molecule has 0 spiro atoms. The summed E-state index contributed by atoms with van der Waals surface area (Å²) in [7, 11) is -1.67. The molecule has 0 aliphatic rings. The van der Waals surface area contributed by atoms with Gasteiger partial charge >= 0.3 is 0 Å². The molecule has 0 aromatic rings. The van der Waals surface area contributed by atoms with Crippen LogP contribution in [0.2, 0.25) is 0 Å². The van der Waals surface area contributed by atoms with Crippen LogP contribution in [0.15, 0.2) is 0 Å². The zero-order chi connectivity index (χ0) is 12.6. The van der Waals surface area contributed by atoms with E-state index < -0.39 is 10.2 Å². The molecule has 0 aliphatic carbocycles. The zero-order valence-corrected chi connectivity index (χ0v) is 11.5. The number of unbranched alkanes of at least 4 members (excludes halogenated alkanes) is 1. The molecule has 0 saturated carbocycles. The molecular formula is C10H25N3O2S. The molecule has 0 radical (unpaired) electrons. The molecule has 0 aromatic heterocycles. The van der Waals surface area contributed by atoms with Crippen LogP contribution in [-0.2, 0) is 10.2 Å². The molecule has 2 N–H and O–H groups in total. The fraction of sp³-hybridized carbons (Fsp3) is 1.00. The van der Waals surface area contributed by atoms with Crippen molar-refractivity contribution in [3.63, 3.8) is 0 Å². The Morgan fingerprint density at radius 1 is 1.12 bits per heavy atom. The van der Waals surface area contributed by atoms with Gasteiger partial charge in [0, 0.05) is 26.7 Å². The van der Waals surface area contributed by atoms with Crippen LogP contribution in [0.1, 0.15) is 33.1 Å². The molecule has 0 amide bonds. The third kappa shape index (κ3) is 4.78. The first kappa shape index (κ1) is 15.8. The van der Waals surface area contributed by atoms with Crippen molar-refractivity contribution < 1.29 is 8.42 Å². The predicted molar refractivity (Wildman–Crippen MR) is 67.4 cm³/mol. The highest BCUT2D eigenvalue weighted by atomic mass is 32.2. The van der Waals surface area contributed by atoms with Gasteiger partial charge in [-0.05, 0) is 19.4 Å². The van der Waals surface area contributed by atoms with Crippen molar-refractivity contribution in [2.45, 2.75) is 33.1 Å². The van der Waals surface area contributed by atoms with Gasteiger partial charge in [-0.25, -0.2) is 0 Å². The minimum absolute atomic E-state index is 0.488. The monoisotopic (exact) mass is 251 g/mol. The standard InChI is InChI=1S/C10H25N3O2S/c1-4-6-10-13(5-2)16(14,15)12(3)9-7-8-11/h4-11H2,1-3H3. The van der Waals surface area contributed by atoms with Crippen LogP contribution >= 0.6 is 0 Å². The molecule has 16 heavy (non-hydrogen) atoms. The SMILES string of the molecule is CCCCN(CC)S(=O)(=O)N(C)CCCN. The van der Waals surface area contributed by atoms with Gasteiger partial charge in [0.15, 0.2) is 0 Å². The first-order chi connectivity index (χ1) is 7.50. The van der Waals surface area contributed by atoms with Gasteiger partial charge in [0.25, 0.3) is 10.2 Å². The lowest BCUT2D eigenvalue weighted by Crippen LogP contribution is -2.42. The number of nitrogens with zero attached hydrogens (tertiary/aromatic N) is 2. The topological polar surface area (TPSA) is 66.6 Å². The summed E-state index contributed by atoms with van der Waals surface area (Å²) in [5.41, 5.74) is 5.37. The van der Waals surface area contributed by atoms with E-state index in [2.05, 4.69) is 6.92 Å². The Bertz CT molecular complexity index is 267. The molecule has 0 rings (SSSR count). The van der Waals surface area contributed by atoms with E-state index in [0.717, 1.165) is 12.8 Å². The molecule has 0 unspecified atom stereocenters. The zero-order valence-electron chi connectivity index (χ0n) is 10.6. The number of rotatable bonds is 9. The molecule has 0 heterocycles. The molecule has 6 heteroatoms. The van der Waals surface area contributed by atoms with Crippen molar-refractivity contribution in [1.29, 1.82) is 0 Å². The average molecular weight is 251 g/mol. The van der Waals surface area contributed by atoms with Crippen molar-refractivity contribution in [1.82, 2.24) is 8.61 Å². The molecule has 0 aromatic carbocycles. The molecular weight excluding hydrogens is 226 g/mol. The highest BCUT2D eigenvalue weighted by Gasteiger charge is 2.24. The molecule has 0 aliphatic heterocycles. The minimum atomic E-state index is -3.28. The Balaban J connectivity index is 4.46. The van der Waals surface area contributed by atoms with Gasteiger partial charge in [0.1, 0.15) is 0 Å². The van der Waals surface area contributed by atoms with Crippen molar-refractivity contribution in [3.05, 3.63) is 0 Å². The van der Waals surface area contributed by atoms with E-state index in [4.69, 9.17) is 5.73 Å². The average Bonchev–Trinajstić information content (AvgIpc) is 2.26. The van der Waals surface area contributed by atoms with E-state index in [1.165, 1.54) is 8.61 Å². The van der Waals surface area contributed by atoms with E-state index in [0.29, 0.717) is 32.6 Å². The van der Waals surface area contributed by atoms with Gasteiger partial charge in [-0.3, -0.25) is 0 Å².